The molecule has 19 heavy (non-hydrogen) atoms. The number of carbonyl (C=O) groups excluding carboxylic acids is 1. The molecule has 2 aromatic rings. The van der Waals surface area contributed by atoms with Crippen molar-refractivity contribution in [2.75, 3.05) is 19.6 Å². The highest BCUT2D eigenvalue weighted by Gasteiger charge is 2.26. The van der Waals surface area contributed by atoms with Gasteiger partial charge < -0.3 is 10.2 Å². The highest BCUT2D eigenvalue weighted by molar-refractivity contribution is 7.15. The molecule has 1 fully saturated rings. The Hall–Kier alpha value is -0.820. The molecule has 1 amide bonds. The number of rotatable bonds is 1. The molecule has 0 aliphatic carbocycles. The molecular weight excluding hydrogens is 307 g/mol. The van der Waals surface area contributed by atoms with Crippen molar-refractivity contribution in [3.63, 3.8) is 0 Å². The summed E-state index contributed by atoms with van der Waals surface area (Å²) in [5.41, 5.74) is 0.719. The average Bonchev–Trinajstić information content (AvgIpc) is 2.90. The molecule has 1 saturated heterocycles. The van der Waals surface area contributed by atoms with Crippen molar-refractivity contribution in [3.8, 4) is 0 Å². The Balaban J connectivity index is 0.000000902. The van der Waals surface area contributed by atoms with Gasteiger partial charge in [-0.15, -0.1) is 36.2 Å². The van der Waals surface area contributed by atoms with Gasteiger partial charge in [0.1, 0.15) is 16.9 Å². The summed E-state index contributed by atoms with van der Waals surface area (Å²) in [5.74, 6) is 0.100. The van der Waals surface area contributed by atoms with Gasteiger partial charge in [-0.1, -0.05) is 0 Å². The molecule has 3 heterocycles. The second-order valence-electron chi connectivity index (χ2n) is 4.27. The minimum absolute atomic E-state index is 0. The molecule has 0 bridgehead atoms. The van der Waals surface area contributed by atoms with Gasteiger partial charge in [0.05, 0.1) is 6.20 Å². The fourth-order valence-electron chi connectivity index (χ4n) is 2.17. The minimum atomic E-state index is 0. The van der Waals surface area contributed by atoms with E-state index in [-0.39, 0.29) is 36.8 Å². The lowest BCUT2D eigenvalue weighted by molar-refractivity contribution is 0.0649. The van der Waals surface area contributed by atoms with Crippen molar-refractivity contribution in [2.24, 2.45) is 0 Å². The summed E-state index contributed by atoms with van der Waals surface area (Å²) in [5, 5.41) is 5.20. The standard InChI is InChI=1S/C11H14N4OS.2ClH/c1-8-4-12-2-3-14(8)11(16)9-6-17-10-5-13-7-15(9)10;;/h5-8,12H,2-4H2,1H3;2*1H/t8-;;/m1../s1. The van der Waals surface area contributed by atoms with E-state index in [9.17, 15) is 4.79 Å². The van der Waals surface area contributed by atoms with Gasteiger partial charge in [-0.3, -0.25) is 9.20 Å². The Morgan fingerprint density at radius 3 is 3.05 bits per heavy atom. The predicted octanol–water partition coefficient (Wildman–Crippen LogP) is 1.67. The van der Waals surface area contributed by atoms with Gasteiger partial charge >= 0.3 is 0 Å². The number of hydrogen-bond acceptors (Lipinski definition) is 4. The first kappa shape index (κ1) is 16.2. The van der Waals surface area contributed by atoms with Crippen LogP contribution in [0, 0.1) is 0 Å². The highest BCUT2D eigenvalue weighted by atomic mass is 35.5. The van der Waals surface area contributed by atoms with E-state index >= 15 is 0 Å². The first-order chi connectivity index (χ1) is 8.27. The van der Waals surface area contributed by atoms with Crippen LogP contribution in [0.5, 0.6) is 0 Å². The third kappa shape index (κ3) is 2.86. The average molecular weight is 323 g/mol. The third-order valence-corrected chi connectivity index (χ3v) is 4.02. The summed E-state index contributed by atoms with van der Waals surface area (Å²) in [4.78, 5) is 19.4. The second kappa shape index (κ2) is 6.56. The SMILES string of the molecule is C[C@@H]1CNCCN1C(=O)c1csc2cncn12.Cl.Cl. The lowest BCUT2D eigenvalue weighted by Gasteiger charge is -2.33. The van der Waals surface area contributed by atoms with Crippen molar-refractivity contribution in [1.82, 2.24) is 19.6 Å². The van der Waals surface area contributed by atoms with Crippen molar-refractivity contribution in [2.45, 2.75) is 13.0 Å². The maximum Gasteiger partial charge on any atom is 0.272 e. The van der Waals surface area contributed by atoms with Gasteiger partial charge in [0.15, 0.2) is 0 Å². The summed E-state index contributed by atoms with van der Waals surface area (Å²) in [6.07, 6.45) is 3.48. The molecule has 8 heteroatoms. The maximum absolute atomic E-state index is 12.4. The van der Waals surface area contributed by atoms with Gasteiger partial charge in [-0.25, -0.2) is 4.98 Å². The van der Waals surface area contributed by atoms with Crippen LogP contribution in [-0.4, -0.2) is 45.9 Å². The van der Waals surface area contributed by atoms with E-state index in [0.717, 1.165) is 30.2 Å². The molecule has 106 valence electrons. The Labute approximate surface area is 127 Å². The van der Waals surface area contributed by atoms with Gasteiger partial charge in [-0.05, 0) is 6.92 Å². The lowest BCUT2D eigenvalue weighted by Crippen LogP contribution is -2.52. The van der Waals surface area contributed by atoms with Gasteiger partial charge in [0.2, 0.25) is 0 Å². The van der Waals surface area contributed by atoms with Crippen LogP contribution < -0.4 is 5.32 Å². The maximum atomic E-state index is 12.4. The lowest BCUT2D eigenvalue weighted by atomic mass is 10.2. The number of nitrogens with zero attached hydrogens (tertiary/aromatic N) is 3. The molecule has 0 saturated carbocycles. The number of halogens is 2. The zero-order valence-corrected chi connectivity index (χ0v) is 12.9. The molecule has 0 unspecified atom stereocenters. The summed E-state index contributed by atoms with van der Waals surface area (Å²) >= 11 is 1.55. The van der Waals surface area contributed by atoms with E-state index < -0.39 is 0 Å². The molecular formula is C11H16Cl2N4OS. The number of carbonyl (C=O) groups is 1. The molecule has 1 aliphatic heterocycles. The Morgan fingerprint density at radius 2 is 2.32 bits per heavy atom. The normalized spacial score (nSPS) is 18.8. The first-order valence-electron chi connectivity index (χ1n) is 5.68. The number of aromatic nitrogens is 2. The van der Waals surface area contributed by atoms with E-state index in [1.807, 2.05) is 14.7 Å². The molecule has 3 rings (SSSR count). The fraction of sp³-hybridized carbons (Fsp3) is 0.455. The molecule has 1 N–H and O–H groups in total. The van der Waals surface area contributed by atoms with E-state index in [1.165, 1.54) is 0 Å². The number of hydrogen-bond donors (Lipinski definition) is 1. The number of piperazine rings is 1. The first-order valence-corrected chi connectivity index (χ1v) is 6.56. The van der Waals surface area contributed by atoms with Crippen LogP contribution in [0.15, 0.2) is 17.9 Å². The summed E-state index contributed by atoms with van der Waals surface area (Å²) in [7, 11) is 0. The van der Waals surface area contributed by atoms with Crippen LogP contribution in [0.2, 0.25) is 0 Å². The molecule has 1 atom stereocenters. The molecule has 5 nitrogen and oxygen atoms in total. The van der Waals surface area contributed by atoms with E-state index in [0.29, 0.717) is 0 Å². The fourth-order valence-corrected chi connectivity index (χ4v) is 2.99. The van der Waals surface area contributed by atoms with Crippen LogP contribution >= 0.6 is 36.2 Å². The largest absolute Gasteiger partial charge is 0.332 e. The van der Waals surface area contributed by atoms with E-state index in [2.05, 4.69) is 17.2 Å². The monoisotopic (exact) mass is 322 g/mol. The Morgan fingerprint density at radius 1 is 1.53 bits per heavy atom. The summed E-state index contributed by atoms with van der Waals surface area (Å²) in [6.45, 7) is 4.57. The van der Waals surface area contributed by atoms with Gasteiger partial charge in [0.25, 0.3) is 5.91 Å². The van der Waals surface area contributed by atoms with Crippen LogP contribution in [0.1, 0.15) is 17.4 Å². The summed E-state index contributed by atoms with van der Waals surface area (Å²) < 4.78 is 1.86. The van der Waals surface area contributed by atoms with Crippen molar-refractivity contribution < 1.29 is 4.79 Å². The number of amides is 1. The predicted molar refractivity (Wildman–Crippen MR) is 80.9 cm³/mol. The van der Waals surface area contributed by atoms with Crippen molar-refractivity contribution in [3.05, 3.63) is 23.6 Å². The number of thiazole rings is 1. The quantitative estimate of drug-likeness (QED) is 0.869. The van der Waals surface area contributed by atoms with E-state index in [1.54, 1.807) is 23.9 Å². The van der Waals surface area contributed by atoms with E-state index in [4.69, 9.17) is 0 Å². The third-order valence-electron chi connectivity index (χ3n) is 3.14. The minimum Gasteiger partial charge on any atom is -0.332 e. The zero-order valence-electron chi connectivity index (χ0n) is 10.4. The second-order valence-corrected chi connectivity index (χ2v) is 5.16. The number of nitrogens with one attached hydrogen (secondary N) is 1. The van der Waals surface area contributed by atoms with Crippen LogP contribution in [0.25, 0.3) is 4.83 Å². The van der Waals surface area contributed by atoms with Crippen LogP contribution in [-0.2, 0) is 0 Å². The molecule has 2 aromatic heterocycles. The molecule has 0 spiro atoms. The van der Waals surface area contributed by atoms with Crippen LogP contribution in [0.4, 0.5) is 0 Å². The van der Waals surface area contributed by atoms with Crippen molar-refractivity contribution >= 4 is 46.9 Å². The zero-order chi connectivity index (χ0) is 11.8. The number of fused-ring (bicyclic) bond motifs is 1. The summed E-state index contributed by atoms with van der Waals surface area (Å²) in [6, 6.07) is 0.245. The van der Waals surface area contributed by atoms with Crippen molar-refractivity contribution in [1.29, 1.82) is 0 Å². The Bertz CT molecular complexity index is 556. The Kier molecular flexibility index (Phi) is 5.61. The smallest absolute Gasteiger partial charge is 0.272 e. The molecule has 0 aromatic carbocycles. The molecule has 1 aliphatic rings. The molecule has 0 radical (unpaired) electrons. The topological polar surface area (TPSA) is 49.6 Å². The number of imidazole rings is 1. The highest BCUT2D eigenvalue weighted by Crippen LogP contribution is 2.18. The van der Waals surface area contributed by atoms with Crippen LogP contribution in [0.3, 0.4) is 0 Å². The van der Waals surface area contributed by atoms with Gasteiger partial charge in [0, 0.05) is 31.1 Å². The van der Waals surface area contributed by atoms with Gasteiger partial charge in [-0.2, -0.15) is 0 Å².